The van der Waals surface area contributed by atoms with Crippen LogP contribution in [0.25, 0.3) is 0 Å². The van der Waals surface area contributed by atoms with E-state index in [9.17, 15) is 5.26 Å². The topological polar surface area (TPSA) is 39.9 Å². The molecule has 20 heavy (non-hydrogen) atoms. The number of nitrogens with zero attached hydrogens (tertiary/aromatic N) is 3. The predicted molar refractivity (Wildman–Crippen MR) is 81.8 cm³/mol. The van der Waals surface area contributed by atoms with Gasteiger partial charge in [-0.1, -0.05) is 30.3 Å². The number of aromatic nitrogens is 1. The molecular formula is C17H19N3. The molecule has 0 atom stereocenters. The Kier molecular flexibility index (Phi) is 4.37. The van der Waals surface area contributed by atoms with Gasteiger partial charge in [0.15, 0.2) is 0 Å². The minimum absolute atomic E-state index is 0.672. The molecule has 2 aromatic rings. The molecule has 2 rings (SSSR count). The number of hydrogen-bond donors (Lipinski definition) is 0. The lowest BCUT2D eigenvalue weighted by atomic mass is 10.1. The Morgan fingerprint density at radius 3 is 2.55 bits per heavy atom. The molecule has 0 N–H and O–H groups in total. The van der Waals surface area contributed by atoms with E-state index in [1.54, 1.807) is 0 Å². The van der Waals surface area contributed by atoms with Crippen molar-refractivity contribution in [1.82, 2.24) is 4.98 Å². The lowest BCUT2D eigenvalue weighted by molar-refractivity contribution is 0.870. The molecule has 0 amide bonds. The molecule has 0 bridgehead atoms. The number of rotatable bonds is 4. The second kappa shape index (κ2) is 6.21. The molecule has 0 spiro atoms. The molecule has 0 saturated carbocycles. The highest BCUT2D eigenvalue weighted by Gasteiger charge is 2.11. The van der Waals surface area contributed by atoms with Crippen LogP contribution >= 0.6 is 0 Å². The van der Waals surface area contributed by atoms with Crippen LogP contribution in [0, 0.1) is 25.2 Å². The van der Waals surface area contributed by atoms with Gasteiger partial charge in [-0.05, 0) is 31.9 Å². The Morgan fingerprint density at radius 1 is 1.20 bits per heavy atom. The molecule has 1 aromatic heterocycles. The lowest BCUT2D eigenvalue weighted by Gasteiger charge is -2.21. The summed E-state index contributed by atoms with van der Waals surface area (Å²) in [6.07, 6.45) is 0.961. The van der Waals surface area contributed by atoms with Crippen molar-refractivity contribution in [2.75, 3.05) is 18.5 Å². The first-order valence-corrected chi connectivity index (χ1v) is 6.75. The quantitative estimate of drug-likeness (QED) is 0.852. The van der Waals surface area contributed by atoms with E-state index in [1.807, 2.05) is 33.0 Å². The van der Waals surface area contributed by atoms with E-state index < -0.39 is 0 Å². The fraction of sp³-hybridized carbons (Fsp3) is 0.294. The largest absolute Gasteiger partial charge is 0.373 e. The highest BCUT2D eigenvalue weighted by Crippen LogP contribution is 2.22. The van der Waals surface area contributed by atoms with Crippen molar-refractivity contribution >= 4 is 5.69 Å². The molecule has 0 aliphatic heterocycles. The van der Waals surface area contributed by atoms with Crippen molar-refractivity contribution < 1.29 is 0 Å². The van der Waals surface area contributed by atoms with Crippen LogP contribution in [0.2, 0.25) is 0 Å². The van der Waals surface area contributed by atoms with Gasteiger partial charge in [-0.3, -0.25) is 4.98 Å². The summed E-state index contributed by atoms with van der Waals surface area (Å²) in [5, 5.41) is 9.31. The summed E-state index contributed by atoms with van der Waals surface area (Å²) in [5.41, 5.74) is 4.69. The SMILES string of the molecule is Cc1cc(N(C)CCc2ccccc2)c(C#N)c(C)n1. The predicted octanol–water partition coefficient (Wildman–Crippen LogP) is 3.25. The van der Waals surface area contributed by atoms with Gasteiger partial charge in [0.1, 0.15) is 6.07 Å². The van der Waals surface area contributed by atoms with Gasteiger partial charge in [0, 0.05) is 19.3 Å². The molecule has 0 aliphatic carbocycles. The van der Waals surface area contributed by atoms with Crippen LogP contribution in [0.3, 0.4) is 0 Å². The second-order valence-corrected chi connectivity index (χ2v) is 5.01. The average Bonchev–Trinajstić information content (AvgIpc) is 2.45. The summed E-state index contributed by atoms with van der Waals surface area (Å²) in [7, 11) is 2.03. The van der Waals surface area contributed by atoms with E-state index in [2.05, 4.69) is 40.2 Å². The van der Waals surface area contributed by atoms with Crippen LogP contribution in [-0.4, -0.2) is 18.6 Å². The molecule has 0 fully saturated rings. The Bertz CT molecular complexity index is 627. The summed E-state index contributed by atoms with van der Waals surface area (Å²) >= 11 is 0. The molecule has 0 saturated heterocycles. The van der Waals surface area contributed by atoms with Gasteiger partial charge in [0.05, 0.1) is 16.9 Å². The fourth-order valence-corrected chi connectivity index (χ4v) is 2.31. The number of anilines is 1. The zero-order valence-electron chi connectivity index (χ0n) is 12.2. The zero-order valence-corrected chi connectivity index (χ0v) is 12.2. The number of pyridine rings is 1. The Labute approximate surface area is 120 Å². The van der Waals surface area contributed by atoms with Gasteiger partial charge in [-0.15, -0.1) is 0 Å². The average molecular weight is 265 g/mol. The molecule has 102 valence electrons. The highest BCUT2D eigenvalue weighted by atomic mass is 15.1. The lowest BCUT2D eigenvalue weighted by Crippen LogP contribution is -2.22. The first-order valence-electron chi connectivity index (χ1n) is 6.75. The van der Waals surface area contributed by atoms with Gasteiger partial charge >= 0.3 is 0 Å². The maximum Gasteiger partial charge on any atom is 0.103 e. The smallest absolute Gasteiger partial charge is 0.103 e. The first kappa shape index (κ1) is 14.1. The number of nitriles is 1. The van der Waals surface area contributed by atoms with Crippen molar-refractivity contribution in [2.24, 2.45) is 0 Å². The third-order valence-corrected chi connectivity index (χ3v) is 3.41. The minimum Gasteiger partial charge on any atom is -0.373 e. The van der Waals surface area contributed by atoms with Crippen molar-refractivity contribution in [3.63, 3.8) is 0 Å². The highest BCUT2D eigenvalue weighted by molar-refractivity contribution is 5.61. The van der Waals surface area contributed by atoms with Crippen LogP contribution in [0.4, 0.5) is 5.69 Å². The first-order chi connectivity index (χ1) is 9.61. The zero-order chi connectivity index (χ0) is 14.5. The van der Waals surface area contributed by atoms with Crippen molar-refractivity contribution in [1.29, 1.82) is 5.26 Å². The van der Waals surface area contributed by atoms with Crippen LogP contribution < -0.4 is 4.90 Å². The van der Waals surface area contributed by atoms with Gasteiger partial charge in [-0.25, -0.2) is 0 Å². The normalized spacial score (nSPS) is 10.1. The molecular weight excluding hydrogens is 246 g/mol. The summed E-state index contributed by atoms with van der Waals surface area (Å²) in [4.78, 5) is 6.49. The third-order valence-electron chi connectivity index (χ3n) is 3.41. The summed E-state index contributed by atoms with van der Waals surface area (Å²) in [5.74, 6) is 0. The third kappa shape index (κ3) is 3.16. The van der Waals surface area contributed by atoms with E-state index in [4.69, 9.17) is 0 Å². The maximum atomic E-state index is 9.31. The molecule has 0 aliphatic rings. The Hall–Kier alpha value is -2.34. The van der Waals surface area contributed by atoms with E-state index in [0.717, 1.165) is 30.0 Å². The number of aryl methyl sites for hydroxylation is 2. The summed E-state index contributed by atoms with van der Waals surface area (Å²) in [6.45, 7) is 4.73. The maximum absolute atomic E-state index is 9.31. The molecule has 1 aromatic carbocycles. The van der Waals surface area contributed by atoms with Crippen molar-refractivity contribution in [3.8, 4) is 6.07 Å². The van der Waals surface area contributed by atoms with E-state index in [-0.39, 0.29) is 0 Å². The number of benzene rings is 1. The standard InChI is InChI=1S/C17H19N3/c1-13-11-17(16(12-18)14(2)19-13)20(3)10-9-15-7-5-4-6-8-15/h4-8,11H,9-10H2,1-3H3. The fourth-order valence-electron chi connectivity index (χ4n) is 2.31. The molecule has 1 heterocycles. The van der Waals surface area contributed by atoms with Crippen LogP contribution in [-0.2, 0) is 6.42 Å². The van der Waals surface area contributed by atoms with Gasteiger partial charge in [-0.2, -0.15) is 5.26 Å². The molecule has 3 nitrogen and oxygen atoms in total. The summed E-state index contributed by atoms with van der Waals surface area (Å²) in [6, 6.07) is 14.6. The molecule has 3 heteroatoms. The van der Waals surface area contributed by atoms with Crippen molar-refractivity contribution in [3.05, 3.63) is 58.9 Å². The van der Waals surface area contributed by atoms with Crippen LogP contribution in [0.1, 0.15) is 22.5 Å². The van der Waals surface area contributed by atoms with Crippen LogP contribution in [0.5, 0.6) is 0 Å². The summed E-state index contributed by atoms with van der Waals surface area (Å²) < 4.78 is 0. The molecule has 0 radical (unpaired) electrons. The van der Waals surface area contributed by atoms with Gasteiger partial charge < -0.3 is 4.90 Å². The monoisotopic (exact) mass is 265 g/mol. The van der Waals surface area contributed by atoms with Crippen LogP contribution in [0.15, 0.2) is 36.4 Å². The Morgan fingerprint density at radius 2 is 1.90 bits per heavy atom. The molecule has 0 unspecified atom stereocenters. The Balaban J connectivity index is 2.17. The van der Waals surface area contributed by atoms with E-state index >= 15 is 0 Å². The van der Waals surface area contributed by atoms with Crippen molar-refractivity contribution in [2.45, 2.75) is 20.3 Å². The van der Waals surface area contributed by atoms with Gasteiger partial charge in [0.25, 0.3) is 0 Å². The number of likely N-dealkylation sites (N-methyl/N-ethyl adjacent to an activating group) is 1. The van der Waals surface area contributed by atoms with Gasteiger partial charge in [0.2, 0.25) is 0 Å². The second-order valence-electron chi connectivity index (χ2n) is 5.01. The minimum atomic E-state index is 0.672. The van der Waals surface area contributed by atoms with E-state index in [0.29, 0.717) is 5.56 Å². The van der Waals surface area contributed by atoms with E-state index in [1.165, 1.54) is 5.56 Å². The number of hydrogen-bond acceptors (Lipinski definition) is 3.